The van der Waals surface area contributed by atoms with Gasteiger partial charge in [0.15, 0.2) is 5.78 Å². The van der Waals surface area contributed by atoms with Crippen molar-refractivity contribution >= 4 is 40.5 Å². The molecule has 3 aromatic rings. The van der Waals surface area contributed by atoms with Crippen molar-refractivity contribution in [2.75, 3.05) is 10.6 Å². The van der Waals surface area contributed by atoms with Crippen molar-refractivity contribution in [2.45, 2.75) is 6.92 Å². The second kappa shape index (κ2) is 7.80. The fourth-order valence-corrected chi connectivity index (χ4v) is 2.50. The first-order valence-corrected chi connectivity index (χ1v) is 8.30. The minimum atomic E-state index is -0.267. The lowest BCUT2D eigenvalue weighted by molar-refractivity contribution is 0.101. The van der Waals surface area contributed by atoms with Crippen molar-refractivity contribution in [1.82, 2.24) is 4.98 Å². The Bertz CT molecular complexity index is 938. The lowest BCUT2D eigenvalue weighted by atomic mass is 10.1. The third kappa shape index (κ3) is 4.46. The van der Waals surface area contributed by atoms with Crippen molar-refractivity contribution in [3.8, 4) is 0 Å². The molecule has 0 radical (unpaired) electrons. The normalized spacial score (nSPS) is 10.2. The molecule has 0 fully saturated rings. The molecule has 1 aromatic heterocycles. The first kappa shape index (κ1) is 17.6. The summed E-state index contributed by atoms with van der Waals surface area (Å²) in [5.41, 5.74) is 2.51. The van der Waals surface area contributed by atoms with E-state index in [0.717, 1.165) is 5.69 Å². The second-order valence-electron chi connectivity index (χ2n) is 5.66. The summed E-state index contributed by atoms with van der Waals surface area (Å²) in [6.45, 7) is 1.52. The summed E-state index contributed by atoms with van der Waals surface area (Å²) in [7, 11) is 0. The number of hydrogen-bond acceptors (Lipinski definition) is 4. The van der Waals surface area contributed by atoms with E-state index in [1.807, 2.05) is 0 Å². The molecule has 5 nitrogen and oxygen atoms in total. The molecule has 0 aliphatic carbocycles. The van der Waals surface area contributed by atoms with Crippen LogP contribution in [0.25, 0.3) is 0 Å². The van der Waals surface area contributed by atoms with E-state index in [1.54, 1.807) is 60.7 Å². The molecule has 0 saturated heterocycles. The third-order valence-corrected chi connectivity index (χ3v) is 3.91. The zero-order valence-corrected chi connectivity index (χ0v) is 14.7. The molecule has 0 bridgehead atoms. The van der Waals surface area contributed by atoms with Crippen LogP contribution in [-0.4, -0.2) is 16.7 Å². The highest BCUT2D eigenvalue weighted by Gasteiger charge is 2.07. The number of nitrogens with one attached hydrogen (secondary N) is 2. The highest BCUT2D eigenvalue weighted by atomic mass is 35.5. The van der Waals surface area contributed by atoms with Gasteiger partial charge in [-0.2, -0.15) is 0 Å². The summed E-state index contributed by atoms with van der Waals surface area (Å²) >= 11 is 5.91. The fraction of sp³-hybridized carbons (Fsp3) is 0.0500. The molecule has 0 atom stereocenters. The minimum absolute atomic E-state index is 0.0183. The highest BCUT2D eigenvalue weighted by Crippen LogP contribution is 2.18. The molecule has 0 unspecified atom stereocenters. The number of ketones is 1. The van der Waals surface area contributed by atoms with Crippen molar-refractivity contribution in [2.24, 2.45) is 0 Å². The molecule has 0 spiro atoms. The zero-order chi connectivity index (χ0) is 18.5. The van der Waals surface area contributed by atoms with Gasteiger partial charge in [-0.25, -0.2) is 4.98 Å². The molecule has 2 N–H and O–H groups in total. The van der Waals surface area contributed by atoms with Gasteiger partial charge in [0.05, 0.1) is 5.56 Å². The predicted molar refractivity (Wildman–Crippen MR) is 103 cm³/mol. The molecule has 26 heavy (non-hydrogen) atoms. The van der Waals surface area contributed by atoms with Gasteiger partial charge in [0.2, 0.25) is 0 Å². The maximum Gasteiger partial charge on any atom is 0.257 e. The highest BCUT2D eigenvalue weighted by molar-refractivity contribution is 6.31. The minimum Gasteiger partial charge on any atom is -0.340 e. The Morgan fingerprint density at radius 1 is 0.923 bits per heavy atom. The number of halogens is 1. The van der Waals surface area contributed by atoms with Gasteiger partial charge < -0.3 is 10.6 Å². The lowest BCUT2D eigenvalue weighted by Crippen LogP contribution is -2.12. The molecule has 3 rings (SSSR count). The van der Waals surface area contributed by atoms with Crippen molar-refractivity contribution in [1.29, 1.82) is 0 Å². The SMILES string of the molecule is CC(=O)c1ccc(Nc2ccc(C(=O)Nc3cccc(Cl)c3)cn2)cc1. The first-order valence-electron chi connectivity index (χ1n) is 7.92. The number of hydrogen-bond donors (Lipinski definition) is 2. The van der Waals surface area contributed by atoms with Gasteiger partial charge in [0, 0.05) is 28.2 Å². The molecule has 0 saturated carbocycles. The van der Waals surface area contributed by atoms with Crippen LogP contribution in [0.4, 0.5) is 17.2 Å². The van der Waals surface area contributed by atoms with Crippen LogP contribution >= 0.6 is 11.6 Å². The average Bonchev–Trinajstić information content (AvgIpc) is 2.63. The summed E-state index contributed by atoms with van der Waals surface area (Å²) in [6, 6.07) is 17.4. The van der Waals surface area contributed by atoms with E-state index in [9.17, 15) is 9.59 Å². The number of Topliss-reactive ketones (excluding diaryl/α,β-unsaturated/α-hetero) is 1. The maximum absolute atomic E-state index is 12.2. The van der Waals surface area contributed by atoms with Crippen LogP contribution in [0, 0.1) is 0 Å². The topological polar surface area (TPSA) is 71.1 Å². The van der Waals surface area contributed by atoms with Crippen LogP contribution in [0.5, 0.6) is 0 Å². The van der Waals surface area contributed by atoms with E-state index in [0.29, 0.717) is 27.7 Å². The van der Waals surface area contributed by atoms with Gasteiger partial charge in [-0.1, -0.05) is 17.7 Å². The number of amides is 1. The van der Waals surface area contributed by atoms with Crippen molar-refractivity contribution in [3.63, 3.8) is 0 Å². The van der Waals surface area contributed by atoms with E-state index in [2.05, 4.69) is 15.6 Å². The van der Waals surface area contributed by atoms with E-state index < -0.39 is 0 Å². The molecular weight excluding hydrogens is 350 g/mol. The second-order valence-corrected chi connectivity index (χ2v) is 6.09. The molecular formula is C20H16ClN3O2. The van der Waals surface area contributed by atoms with E-state index >= 15 is 0 Å². The Labute approximate surface area is 156 Å². The van der Waals surface area contributed by atoms with Crippen LogP contribution in [0.3, 0.4) is 0 Å². The number of benzene rings is 2. The summed E-state index contributed by atoms with van der Waals surface area (Å²) in [5, 5.41) is 6.44. The van der Waals surface area contributed by atoms with Gasteiger partial charge in [0.25, 0.3) is 5.91 Å². The number of carbonyl (C=O) groups is 2. The summed E-state index contributed by atoms with van der Waals surface area (Å²) in [6.07, 6.45) is 1.49. The molecule has 1 amide bonds. The number of rotatable bonds is 5. The van der Waals surface area contributed by atoms with Crippen LogP contribution in [0.2, 0.25) is 5.02 Å². The first-order chi connectivity index (χ1) is 12.5. The molecule has 130 valence electrons. The van der Waals surface area contributed by atoms with E-state index in [1.165, 1.54) is 13.1 Å². The Balaban J connectivity index is 1.66. The molecule has 0 aliphatic heterocycles. The number of carbonyl (C=O) groups excluding carboxylic acids is 2. The number of pyridine rings is 1. The van der Waals surface area contributed by atoms with Crippen molar-refractivity contribution in [3.05, 3.63) is 83.0 Å². The number of aromatic nitrogens is 1. The fourth-order valence-electron chi connectivity index (χ4n) is 2.31. The molecule has 1 heterocycles. The molecule has 6 heteroatoms. The summed E-state index contributed by atoms with van der Waals surface area (Å²) in [4.78, 5) is 27.8. The van der Waals surface area contributed by atoms with E-state index in [-0.39, 0.29) is 11.7 Å². The average molecular weight is 366 g/mol. The van der Waals surface area contributed by atoms with Gasteiger partial charge in [0.1, 0.15) is 5.82 Å². The zero-order valence-electron chi connectivity index (χ0n) is 14.0. The summed E-state index contributed by atoms with van der Waals surface area (Å²) in [5.74, 6) is 0.349. The Morgan fingerprint density at radius 3 is 2.27 bits per heavy atom. The number of nitrogens with zero attached hydrogens (tertiary/aromatic N) is 1. The third-order valence-electron chi connectivity index (χ3n) is 3.67. The Hall–Kier alpha value is -3.18. The van der Waals surface area contributed by atoms with Crippen molar-refractivity contribution < 1.29 is 9.59 Å². The lowest BCUT2D eigenvalue weighted by Gasteiger charge is -2.08. The van der Waals surface area contributed by atoms with Crippen LogP contribution < -0.4 is 10.6 Å². The Kier molecular flexibility index (Phi) is 5.29. The Morgan fingerprint density at radius 2 is 1.65 bits per heavy atom. The number of anilines is 3. The maximum atomic E-state index is 12.2. The van der Waals surface area contributed by atoms with E-state index in [4.69, 9.17) is 11.6 Å². The molecule has 0 aliphatic rings. The summed E-state index contributed by atoms with van der Waals surface area (Å²) < 4.78 is 0. The van der Waals surface area contributed by atoms with Gasteiger partial charge in [-0.3, -0.25) is 9.59 Å². The molecule has 2 aromatic carbocycles. The predicted octanol–water partition coefficient (Wildman–Crippen LogP) is 4.93. The van der Waals surface area contributed by atoms with Gasteiger partial charge >= 0.3 is 0 Å². The standard InChI is InChI=1S/C20H16ClN3O2/c1-13(25)14-5-8-17(9-6-14)23-19-10-7-15(12-22-19)20(26)24-18-4-2-3-16(21)11-18/h2-12H,1H3,(H,22,23)(H,24,26). The van der Waals surface area contributed by atoms with Crippen LogP contribution in [0.1, 0.15) is 27.6 Å². The smallest absolute Gasteiger partial charge is 0.257 e. The van der Waals surface area contributed by atoms with Crippen LogP contribution in [0.15, 0.2) is 66.9 Å². The quantitative estimate of drug-likeness (QED) is 0.628. The largest absolute Gasteiger partial charge is 0.340 e. The van der Waals surface area contributed by atoms with Gasteiger partial charge in [-0.05, 0) is 61.5 Å². The van der Waals surface area contributed by atoms with Crippen LogP contribution in [-0.2, 0) is 0 Å². The monoisotopic (exact) mass is 365 g/mol. The van der Waals surface area contributed by atoms with Gasteiger partial charge in [-0.15, -0.1) is 0 Å².